The molecule has 1 saturated heterocycles. The zero-order valence-electron chi connectivity index (χ0n) is 12.3. The van der Waals surface area contributed by atoms with E-state index in [-0.39, 0.29) is 6.61 Å². The van der Waals surface area contributed by atoms with E-state index in [4.69, 9.17) is 22.1 Å². The van der Waals surface area contributed by atoms with Crippen LogP contribution in [-0.2, 0) is 11.3 Å². The van der Waals surface area contributed by atoms with Gasteiger partial charge in [-0.2, -0.15) is 0 Å². The number of primary amides is 1. The van der Waals surface area contributed by atoms with Crippen LogP contribution in [0.25, 0.3) is 0 Å². The molecule has 4 nitrogen and oxygen atoms in total. The molecule has 1 aromatic carbocycles. The summed E-state index contributed by atoms with van der Waals surface area (Å²) in [7, 11) is 0. The molecule has 0 unspecified atom stereocenters. The van der Waals surface area contributed by atoms with E-state index in [0.717, 1.165) is 19.6 Å². The molecule has 1 fully saturated rings. The van der Waals surface area contributed by atoms with Gasteiger partial charge in [-0.25, -0.2) is 0 Å². The largest absolute Gasteiger partial charge is 0.482 e. The summed E-state index contributed by atoms with van der Waals surface area (Å²) in [6, 6.07) is 5.72. The van der Waals surface area contributed by atoms with Gasteiger partial charge in [0.15, 0.2) is 6.61 Å². The summed E-state index contributed by atoms with van der Waals surface area (Å²) in [4.78, 5) is 13.2. The van der Waals surface area contributed by atoms with Crippen molar-refractivity contribution in [3.63, 3.8) is 0 Å². The minimum absolute atomic E-state index is 0.148. The van der Waals surface area contributed by atoms with Crippen molar-refractivity contribution in [2.75, 3.05) is 19.7 Å². The molecule has 1 heterocycles. The Morgan fingerprint density at radius 2 is 1.86 bits per heavy atom. The van der Waals surface area contributed by atoms with E-state index in [1.807, 2.05) is 18.2 Å². The number of likely N-dealkylation sites (tertiary alicyclic amines) is 1. The third-order valence-corrected chi connectivity index (χ3v) is 4.02. The van der Waals surface area contributed by atoms with Crippen LogP contribution in [-0.4, -0.2) is 30.5 Å². The fourth-order valence-corrected chi connectivity index (χ4v) is 2.90. The second kappa shape index (κ2) is 8.25. The van der Waals surface area contributed by atoms with Crippen molar-refractivity contribution in [1.82, 2.24) is 4.90 Å². The lowest BCUT2D eigenvalue weighted by Gasteiger charge is -2.24. The van der Waals surface area contributed by atoms with Crippen molar-refractivity contribution in [2.24, 2.45) is 5.73 Å². The Morgan fingerprint density at radius 3 is 2.48 bits per heavy atom. The topological polar surface area (TPSA) is 55.6 Å². The summed E-state index contributed by atoms with van der Waals surface area (Å²) in [5.41, 5.74) is 6.23. The second-order valence-corrected chi connectivity index (χ2v) is 5.97. The van der Waals surface area contributed by atoms with Crippen LogP contribution in [0.2, 0.25) is 5.02 Å². The van der Waals surface area contributed by atoms with Gasteiger partial charge in [0.05, 0.1) is 5.02 Å². The van der Waals surface area contributed by atoms with Gasteiger partial charge in [-0.1, -0.05) is 36.9 Å². The molecule has 0 saturated carbocycles. The molecule has 1 aliphatic heterocycles. The lowest BCUT2D eigenvalue weighted by molar-refractivity contribution is -0.119. The van der Waals surface area contributed by atoms with Crippen molar-refractivity contribution < 1.29 is 9.53 Å². The number of ether oxygens (including phenoxy) is 1. The van der Waals surface area contributed by atoms with Crippen LogP contribution in [0.1, 0.15) is 37.7 Å². The molecule has 0 aromatic heterocycles. The molecule has 0 spiro atoms. The summed E-state index contributed by atoms with van der Waals surface area (Å²) >= 11 is 6.19. The predicted octanol–water partition coefficient (Wildman–Crippen LogP) is 2.97. The zero-order chi connectivity index (χ0) is 15.1. The Balaban J connectivity index is 1.93. The first kappa shape index (κ1) is 16.1. The van der Waals surface area contributed by atoms with Crippen LogP contribution in [0.5, 0.6) is 5.75 Å². The quantitative estimate of drug-likeness (QED) is 0.909. The first-order chi connectivity index (χ1) is 10.1. The predicted molar refractivity (Wildman–Crippen MR) is 84.5 cm³/mol. The number of benzene rings is 1. The van der Waals surface area contributed by atoms with Gasteiger partial charge in [0.2, 0.25) is 0 Å². The van der Waals surface area contributed by atoms with E-state index in [1.54, 1.807) is 0 Å². The standard InChI is InChI=1S/C16H23ClN2O2/c17-14-10-13(6-7-15(14)21-12-16(18)20)11-19-8-4-2-1-3-5-9-19/h6-7,10H,1-5,8-9,11-12H2,(H2,18,20). The summed E-state index contributed by atoms with van der Waals surface area (Å²) in [6.45, 7) is 3.07. The summed E-state index contributed by atoms with van der Waals surface area (Å²) in [5.74, 6) is 0.00246. The Hall–Kier alpha value is -1.26. The van der Waals surface area contributed by atoms with Crippen LogP contribution in [0, 0.1) is 0 Å². The van der Waals surface area contributed by atoms with Crippen molar-refractivity contribution in [3.8, 4) is 5.75 Å². The second-order valence-electron chi connectivity index (χ2n) is 5.56. The molecule has 5 heteroatoms. The fourth-order valence-electron chi connectivity index (χ4n) is 2.64. The van der Waals surface area contributed by atoms with Gasteiger partial charge >= 0.3 is 0 Å². The van der Waals surface area contributed by atoms with Gasteiger partial charge in [0.1, 0.15) is 5.75 Å². The monoisotopic (exact) mass is 310 g/mol. The number of halogens is 1. The summed E-state index contributed by atoms with van der Waals surface area (Å²) in [6.07, 6.45) is 6.57. The molecule has 1 aromatic rings. The number of rotatable bonds is 5. The van der Waals surface area contributed by atoms with Gasteiger partial charge < -0.3 is 10.5 Å². The smallest absolute Gasteiger partial charge is 0.255 e. The molecule has 2 rings (SSSR count). The zero-order valence-corrected chi connectivity index (χ0v) is 13.1. The molecule has 1 aliphatic rings. The van der Waals surface area contributed by atoms with Crippen LogP contribution >= 0.6 is 11.6 Å². The van der Waals surface area contributed by atoms with Crippen LogP contribution in [0.4, 0.5) is 0 Å². The van der Waals surface area contributed by atoms with Gasteiger partial charge in [-0.3, -0.25) is 9.69 Å². The minimum Gasteiger partial charge on any atom is -0.482 e. The van der Waals surface area contributed by atoms with Crippen LogP contribution < -0.4 is 10.5 Å². The van der Waals surface area contributed by atoms with Crippen LogP contribution in [0.3, 0.4) is 0 Å². The Labute approximate surface area is 131 Å². The number of nitrogens with two attached hydrogens (primary N) is 1. The molecule has 2 N–H and O–H groups in total. The fraction of sp³-hybridized carbons (Fsp3) is 0.562. The highest BCUT2D eigenvalue weighted by Gasteiger charge is 2.10. The molecule has 0 radical (unpaired) electrons. The number of hydrogen-bond donors (Lipinski definition) is 1. The van der Waals surface area contributed by atoms with E-state index >= 15 is 0 Å². The van der Waals surface area contributed by atoms with E-state index in [0.29, 0.717) is 10.8 Å². The first-order valence-electron chi connectivity index (χ1n) is 7.57. The maximum Gasteiger partial charge on any atom is 0.255 e. The number of carbonyl (C=O) groups is 1. The lowest BCUT2D eigenvalue weighted by Crippen LogP contribution is -2.26. The maximum atomic E-state index is 10.7. The lowest BCUT2D eigenvalue weighted by atomic mass is 10.1. The Bertz CT molecular complexity index is 471. The number of hydrogen-bond acceptors (Lipinski definition) is 3. The third-order valence-electron chi connectivity index (χ3n) is 3.72. The minimum atomic E-state index is -0.504. The van der Waals surface area contributed by atoms with Gasteiger partial charge in [-0.05, 0) is 43.6 Å². The van der Waals surface area contributed by atoms with Crippen molar-refractivity contribution >= 4 is 17.5 Å². The van der Waals surface area contributed by atoms with Crippen molar-refractivity contribution in [1.29, 1.82) is 0 Å². The highest BCUT2D eigenvalue weighted by molar-refractivity contribution is 6.32. The molecule has 116 valence electrons. The normalized spacial score (nSPS) is 17.0. The van der Waals surface area contributed by atoms with Gasteiger partial charge in [0, 0.05) is 6.54 Å². The molecule has 0 atom stereocenters. The highest BCUT2D eigenvalue weighted by Crippen LogP contribution is 2.26. The Kier molecular flexibility index (Phi) is 6.33. The maximum absolute atomic E-state index is 10.7. The van der Waals surface area contributed by atoms with Crippen molar-refractivity contribution in [2.45, 2.75) is 38.6 Å². The average molecular weight is 311 g/mol. The molecular weight excluding hydrogens is 288 g/mol. The number of nitrogens with zero attached hydrogens (tertiary/aromatic N) is 1. The first-order valence-corrected chi connectivity index (χ1v) is 7.95. The molecule has 0 aliphatic carbocycles. The Morgan fingerprint density at radius 1 is 1.19 bits per heavy atom. The van der Waals surface area contributed by atoms with E-state index in [2.05, 4.69) is 4.90 Å². The molecule has 0 bridgehead atoms. The SMILES string of the molecule is NC(=O)COc1ccc(CN2CCCCCCC2)cc1Cl. The summed E-state index contributed by atoms with van der Waals surface area (Å²) < 4.78 is 5.26. The van der Waals surface area contributed by atoms with Gasteiger partial charge in [-0.15, -0.1) is 0 Å². The molecule has 1 amide bonds. The number of carbonyl (C=O) groups excluding carboxylic acids is 1. The van der Waals surface area contributed by atoms with Gasteiger partial charge in [0.25, 0.3) is 5.91 Å². The van der Waals surface area contributed by atoms with Crippen molar-refractivity contribution in [3.05, 3.63) is 28.8 Å². The third kappa shape index (κ3) is 5.56. The van der Waals surface area contributed by atoms with E-state index in [9.17, 15) is 4.79 Å². The van der Waals surface area contributed by atoms with E-state index in [1.165, 1.54) is 37.7 Å². The van der Waals surface area contributed by atoms with Crippen LogP contribution in [0.15, 0.2) is 18.2 Å². The highest BCUT2D eigenvalue weighted by atomic mass is 35.5. The molecule has 21 heavy (non-hydrogen) atoms. The van der Waals surface area contributed by atoms with E-state index < -0.39 is 5.91 Å². The average Bonchev–Trinajstić information content (AvgIpc) is 2.40. The summed E-state index contributed by atoms with van der Waals surface area (Å²) in [5, 5.41) is 0.529. The molecular formula is C16H23ClN2O2. The number of amides is 1.